The van der Waals surface area contributed by atoms with Gasteiger partial charge in [-0.3, -0.25) is 4.79 Å². The number of hydrogen-bond donors (Lipinski definition) is 2. The van der Waals surface area contributed by atoms with Crippen molar-refractivity contribution in [3.05, 3.63) is 29.8 Å². The van der Waals surface area contributed by atoms with Crippen LogP contribution in [0.25, 0.3) is 10.9 Å². The maximum Gasteiger partial charge on any atom is 0.314 e. The monoisotopic (exact) mass is 374 g/mol. The standard InChI is InChI=1S/C20H26N2O3S/c1-4-8-20(19(24)25)12-22(9-7-17(20)23)18-10-13(2)15-6-5-14(26-3)11-16(15)21-18/h5-6,10-11,17,23H,4,7-9,12H2,1-3H3,(H,24,25)/t17-,20-/m0/s1. The second-order valence-corrected chi connectivity index (χ2v) is 8.00. The van der Waals surface area contributed by atoms with Crippen molar-refractivity contribution < 1.29 is 15.0 Å². The number of anilines is 1. The fourth-order valence-corrected chi connectivity index (χ4v) is 4.37. The van der Waals surface area contributed by atoms with Gasteiger partial charge in [-0.15, -0.1) is 11.8 Å². The molecule has 0 amide bonds. The molecule has 26 heavy (non-hydrogen) atoms. The van der Waals surface area contributed by atoms with E-state index in [0.29, 0.717) is 19.4 Å². The Kier molecular flexibility index (Phi) is 5.44. The second kappa shape index (κ2) is 7.45. The number of aliphatic hydroxyl groups excluding tert-OH is 1. The zero-order chi connectivity index (χ0) is 18.9. The van der Waals surface area contributed by atoms with E-state index in [4.69, 9.17) is 4.98 Å². The van der Waals surface area contributed by atoms with Gasteiger partial charge in [-0.05, 0) is 49.8 Å². The van der Waals surface area contributed by atoms with Gasteiger partial charge in [0.15, 0.2) is 0 Å². The summed E-state index contributed by atoms with van der Waals surface area (Å²) in [6.07, 6.45) is 2.84. The van der Waals surface area contributed by atoms with Gasteiger partial charge in [-0.2, -0.15) is 0 Å². The Hall–Kier alpha value is -1.79. The Bertz CT molecular complexity index is 826. The average Bonchev–Trinajstić information content (AvgIpc) is 2.62. The minimum absolute atomic E-state index is 0.289. The highest BCUT2D eigenvalue weighted by Crippen LogP contribution is 2.37. The van der Waals surface area contributed by atoms with Crippen molar-refractivity contribution in [2.45, 2.75) is 44.1 Å². The van der Waals surface area contributed by atoms with Gasteiger partial charge in [-0.25, -0.2) is 4.98 Å². The Balaban J connectivity index is 2.01. The molecule has 140 valence electrons. The molecule has 0 bridgehead atoms. The summed E-state index contributed by atoms with van der Waals surface area (Å²) < 4.78 is 0. The number of carbonyl (C=O) groups is 1. The predicted octanol–water partition coefficient (Wildman–Crippen LogP) is 3.71. The van der Waals surface area contributed by atoms with E-state index in [1.807, 2.05) is 24.1 Å². The minimum atomic E-state index is -1.13. The summed E-state index contributed by atoms with van der Waals surface area (Å²) in [6, 6.07) is 8.28. The number of pyridine rings is 1. The summed E-state index contributed by atoms with van der Waals surface area (Å²) in [5.74, 6) is -0.124. The van der Waals surface area contributed by atoms with Crippen molar-refractivity contribution in [1.29, 1.82) is 0 Å². The topological polar surface area (TPSA) is 73.7 Å². The Labute approximate surface area is 158 Å². The van der Waals surface area contributed by atoms with E-state index in [9.17, 15) is 15.0 Å². The van der Waals surface area contributed by atoms with Gasteiger partial charge < -0.3 is 15.1 Å². The SMILES string of the molecule is CCC[C@]1(C(=O)O)CN(c2cc(C)c3ccc(SC)cc3n2)CC[C@@H]1O. The van der Waals surface area contributed by atoms with E-state index >= 15 is 0 Å². The first-order chi connectivity index (χ1) is 12.4. The number of benzene rings is 1. The minimum Gasteiger partial charge on any atom is -0.481 e. The Morgan fingerprint density at radius 3 is 2.85 bits per heavy atom. The summed E-state index contributed by atoms with van der Waals surface area (Å²) in [6.45, 7) is 4.91. The van der Waals surface area contributed by atoms with Crippen molar-refractivity contribution in [1.82, 2.24) is 4.98 Å². The highest BCUT2D eigenvalue weighted by Gasteiger charge is 2.48. The zero-order valence-electron chi connectivity index (χ0n) is 15.5. The predicted molar refractivity (Wildman–Crippen MR) is 106 cm³/mol. The van der Waals surface area contributed by atoms with Crippen LogP contribution in [0.2, 0.25) is 0 Å². The van der Waals surface area contributed by atoms with Crippen LogP contribution in [0.5, 0.6) is 0 Å². The molecule has 0 unspecified atom stereocenters. The van der Waals surface area contributed by atoms with Crippen LogP contribution >= 0.6 is 11.8 Å². The number of aromatic nitrogens is 1. The number of aliphatic hydroxyl groups is 1. The molecule has 2 heterocycles. The molecule has 0 aliphatic carbocycles. The molecule has 2 aromatic rings. The fraction of sp³-hybridized carbons (Fsp3) is 0.500. The molecule has 0 saturated carbocycles. The lowest BCUT2D eigenvalue weighted by Crippen LogP contribution is -2.56. The van der Waals surface area contributed by atoms with Crippen LogP contribution < -0.4 is 4.90 Å². The summed E-state index contributed by atoms with van der Waals surface area (Å²) >= 11 is 1.68. The largest absolute Gasteiger partial charge is 0.481 e. The summed E-state index contributed by atoms with van der Waals surface area (Å²) in [5, 5.41) is 21.4. The third-order valence-electron chi connectivity index (χ3n) is 5.44. The second-order valence-electron chi connectivity index (χ2n) is 7.12. The molecule has 2 atom stereocenters. The normalized spacial score (nSPS) is 23.4. The first-order valence-corrected chi connectivity index (χ1v) is 10.3. The van der Waals surface area contributed by atoms with Crippen LogP contribution in [0.3, 0.4) is 0 Å². The van der Waals surface area contributed by atoms with Crippen LogP contribution in [0.15, 0.2) is 29.2 Å². The molecule has 1 saturated heterocycles. The number of carboxylic acid groups (broad SMARTS) is 1. The summed E-state index contributed by atoms with van der Waals surface area (Å²) in [4.78, 5) is 20.0. The molecule has 1 aromatic carbocycles. The molecule has 1 aliphatic rings. The van der Waals surface area contributed by atoms with Gasteiger partial charge in [0, 0.05) is 23.4 Å². The van der Waals surface area contributed by atoms with E-state index in [-0.39, 0.29) is 6.54 Å². The lowest BCUT2D eigenvalue weighted by Gasteiger charge is -2.44. The molecular formula is C20H26N2O3S. The number of nitrogens with zero attached hydrogens (tertiary/aromatic N) is 2. The quantitative estimate of drug-likeness (QED) is 0.777. The lowest BCUT2D eigenvalue weighted by atomic mass is 9.74. The lowest BCUT2D eigenvalue weighted by molar-refractivity contribution is -0.158. The number of rotatable bonds is 5. The van der Waals surface area contributed by atoms with Crippen molar-refractivity contribution >= 4 is 34.5 Å². The van der Waals surface area contributed by atoms with E-state index in [1.54, 1.807) is 11.8 Å². The average molecular weight is 375 g/mol. The number of fused-ring (bicyclic) bond motifs is 1. The molecule has 6 heteroatoms. The number of aryl methyl sites for hydroxylation is 1. The number of piperidine rings is 1. The van der Waals surface area contributed by atoms with Crippen LogP contribution in [-0.4, -0.2) is 46.6 Å². The van der Waals surface area contributed by atoms with Crippen molar-refractivity contribution in [3.8, 4) is 0 Å². The third-order valence-corrected chi connectivity index (χ3v) is 6.17. The summed E-state index contributed by atoms with van der Waals surface area (Å²) in [5.41, 5.74) is 0.924. The number of aliphatic carboxylic acids is 1. The maximum absolute atomic E-state index is 12.0. The summed E-state index contributed by atoms with van der Waals surface area (Å²) in [7, 11) is 0. The maximum atomic E-state index is 12.0. The van der Waals surface area contributed by atoms with Gasteiger partial charge in [-0.1, -0.05) is 19.4 Å². The number of thioether (sulfide) groups is 1. The van der Waals surface area contributed by atoms with Gasteiger partial charge >= 0.3 is 5.97 Å². The number of carboxylic acids is 1. The van der Waals surface area contributed by atoms with E-state index in [1.165, 1.54) is 0 Å². The van der Waals surface area contributed by atoms with Gasteiger partial charge in [0.25, 0.3) is 0 Å². The third kappa shape index (κ3) is 3.28. The Morgan fingerprint density at radius 1 is 1.42 bits per heavy atom. The molecule has 1 aliphatic heterocycles. The smallest absolute Gasteiger partial charge is 0.314 e. The van der Waals surface area contributed by atoms with Crippen LogP contribution in [-0.2, 0) is 4.79 Å². The molecule has 0 radical (unpaired) electrons. The van der Waals surface area contributed by atoms with Crippen molar-refractivity contribution in [2.75, 3.05) is 24.2 Å². The van der Waals surface area contributed by atoms with Crippen LogP contribution in [0.1, 0.15) is 31.7 Å². The van der Waals surface area contributed by atoms with E-state index in [0.717, 1.165) is 33.6 Å². The zero-order valence-corrected chi connectivity index (χ0v) is 16.3. The molecule has 0 spiro atoms. The fourth-order valence-electron chi connectivity index (χ4n) is 3.94. The molecule has 1 aromatic heterocycles. The van der Waals surface area contributed by atoms with Crippen LogP contribution in [0.4, 0.5) is 5.82 Å². The van der Waals surface area contributed by atoms with Crippen molar-refractivity contribution in [3.63, 3.8) is 0 Å². The molecular weight excluding hydrogens is 348 g/mol. The number of hydrogen-bond acceptors (Lipinski definition) is 5. The first-order valence-electron chi connectivity index (χ1n) is 9.03. The van der Waals surface area contributed by atoms with E-state index < -0.39 is 17.5 Å². The molecule has 5 nitrogen and oxygen atoms in total. The van der Waals surface area contributed by atoms with E-state index in [2.05, 4.69) is 25.1 Å². The molecule has 3 rings (SSSR count). The van der Waals surface area contributed by atoms with Gasteiger partial charge in [0.1, 0.15) is 11.2 Å². The molecule has 2 N–H and O–H groups in total. The highest BCUT2D eigenvalue weighted by molar-refractivity contribution is 7.98. The van der Waals surface area contributed by atoms with Crippen molar-refractivity contribution in [2.24, 2.45) is 5.41 Å². The van der Waals surface area contributed by atoms with Crippen LogP contribution in [0, 0.1) is 12.3 Å². The van der Waals surface area contributed by atoms with Gasteiger partial charge in [0.05, 0.1) is 11.6 Å². The Morgan fingerprint density at radius 2 is 2.19 bits per heavy atom. The van der Waals surface area contributed by atoms with Gasteiger partial charge in [0.2, 0.25) is 0 Å². The highest BCUT2D eigenvalue weighted by atomic mass is 32.2. The first kappa shape index (κ1) is 19.0. The molecule has 1 fully saturated rings.